The van der Waals surface area contributed by atoms with Gasteiger partial charge in [-0.2, -0.15) is 0 Å². The highest BCUT2D eigenvalue weighted by molar-refractivity contribution is 6.05. The van der Waals surface area contributed by atoms with Crippen molar-refractivity contribution in [1.82, 2.24) is 10.3 Å². The zero-order valence-corrected chi connectivity index (χ0v) is 15.5. The lowest BCUT2D eigenvalue weighted by molar-refractivity contribution is 0.0857. The number of carbonyl (C=O) groups excluding carboxylic acids is 2. The summed E-state index contributed by atoms with van der Waals surface area (Å²) in [6.07, 6.45) is 3.47. The summed E-state index contributed by atoms with van der Waals surface area (Å²) in [7, 11) is 1.54. The molecule has 7 heteroatoms. The molecule has 2 amide bonds. The quantitative estimate of drug-likeness (QED) is 0.817. The van der Waals surface area contributed by atoms with Crippen LogP contribution in [0.15, 0.2) is 36.5 Å². The zero-order valence-electron chi connectivity index (χ0n) is 15.5. The number of nitrogens with one attached hydrogen (secondary N) is 2. The molecule has 2 aromatic rings. The van der Waals surface area contributed by atoms with E-state index >= 15 is 0 Å². The lowest BCUT2D eigenvalue weighted by Gasteiger charge is -2.12. The molecule has 1 aromatic carbocycles. The van der Waals surface area contributed by atoms with Gasteiger partial charge in [-0.25, -0.2) is 0 Å². The van der Waals surface area contributed by atoms with Gasteiger partial charge in [0.05, 0.1) is 18.9 Å². The number of aromatic nitrogens is 1. The molecule has 0 aliphatic carbocycles. The number of hydrogen-bond donors (Lipinski definition) is 2. The fourth-order valence-electron chi connectivity index (χ4n) is 2.92. The Bertz CT molecular complexity index is 832. The molecule has 1 fully saturated rings. The number of rotatable bonds is 6. The number of methoxy groups -OCH3 is 1. The number of ether oxygens (including phenoxy) is 2. The van der Waals surface area contributed by atoms with Gasteiger partial charge in [-0.1, -0.05) is 6.07 Å². The molecule has 7 nitrogen and oxygen atoms in total. The summed E-state index contributed by atoms with van der Waals surface area (Å²) in [5.41, 5.74) is 2.08. The van der Waals surface area contributed by atoms with Gasteiger partial charge < -0.3 is 20.1 Å². The van der Waals surface area contributed by atoms with Crippen molar-refractivity contribution in [3.8, 4) is 5.75 Å². The maximum Gasteiger partial charge on any atom is 0.274 e. The van der Waals surface area contributed by atoms with Gasteiger partial charge >= 0.3 is 0 Å². The van der Waals surface area contributed by atoms with Crippen LogP contribution in [0.1, 0.15) is 39.3 Å². The van der Waals surface area contributed by atoms with Gasteiger partial charge in [0.2, 0.25) is 0 Å². The van der Waals surface area contributed by atoms with E-state index in [0.717, 1.165) is 25.0 Å². The van der Waals surface area contributed by atoms with Crippen LogP contribution in [0.2, 0.25) is 0 Å². The van der Waals surface area contributed by atoms with Crippen LogP contribution in [0.5, 0.6) is 5.75 Å². The van der Waals surface area contributed by atoms with Crippen molar-refractivity contribution in [3.05, 3.63) is 53.3 Å². The Morgan fingerprint density at radius 2 is 2.11 bits per heavy atom. The molecule has 0 bridgehead atoms. The monoisotopic (exact) mass is 369 g/mol. The standard InChI is InChI=1S/C20H23N3O4/c1-13-5-6-18(26-2)16(10-13)23-20(25)17-11-14(7-8-21-17)19(24)22-12-15-4-3-9-27-15/h5-8,10-11,15H,3-4,9,12H2,1-2H3,(H,22,24)(H,23,25). The molecule has 1 saturated heterocycles. The number of amides is 2. The van der Waals surface area contributed by atoms with E-state index in [2.05, 4.69) is 15.6 Å². The van der Waals surface area contributed by atoms with Gasteiger partial charge in [0.15, 0.2) is 0 Å². The number of anilines is 1. The van der Waals surface area contributed by atoms with Crippen LogP contribution in [0.3, 0.4) is 0 Å². The maximum absolute atomic E-state index is 12.6. The molecule has 2 heterocycles. The smallest absolute Gasteiger partial charge is 0.274 e. The number of pyridine rings is 1. The van der Waals surface area contributed by atoms with Gasteiger partial charge in [0, 0.05) is 24.9 Å². The number of carbonyl (C=O) groups is 2. The Hall–Kier alpha value is -2.93. The number of benzene rings is 1. The summed E-state index contributed by atoms with van der Waals surface area (Å²) in [5, 5.41) is 5.62. The van der Waals surface area contributed by atoms with Crippen molar-refractivity contribution in [1.29, 1.82) is 0 Å². The first-order valence-corrected chi connectivity index (χ1v) is 8.88. The molecule has 1 atom stereocenters. The molecule has 1 aliphatic heterocycles. The van der Waals surface area contributed by atoms with Crippen molar-refractivity contribution in [2.45, 2.75) is 25.9 Å². The molecule has 3 rings (SSSR count). The van der Waals surface area contributed by atoms with Gasteiger partial charge in [0.1, 0.15) is 11.4 Å². The highest BCUT2D eigenvalue weighted by Crippen LogP contribution is 2.25. The largest absolute Gasteiger partial charge is 0.495 e. The SMILES string of the molecule is COc1ccc(C)cc1NC(=O)c1cc(C(=O)NCC2CCCO2)ccn1. The van der Waals surface area contributed by atoms with Crippen molar-refractivity contribution < 1.29 is 19.1 Å². The lowest BCUT2D eigenvalue weighted by Crippen LogP contribution is -2.32. The molecule has 1 unspecified atom stereocenters. The molecule has 27 heavy (non-hydrogen) atoms. The lowest BCUT2D eigenvalue weighted by atomic mass is 10.1. The van der Waals surface area contributed by atoms with Crippen molar-refractivity contribution >= 4 is 17.5 Å². The number of nitrogens with zero attached hydrogens (tertiary/aromatic N) is 1. The summed E-state index contributed by atoms with van der Waals surface area (Å²) in [6.45, 7) is 3.12. The summed E-state index contributed by atoms with van der Waals surface area (Å²) in [4.78, 5) is 29.0. The van der Waals surface area contributed by atoms with E-state index in [1.54, 1.807) is 12.1 Å². The first-order chi connectivity index (χ1) is 13.1. The zero-order chi connectivity index (χ0) is 19.2. The van der Waals surface area contributed by atoms with Gasteiger partial charge in [-0.3, -0.25) is 14.6 Å². The van der Waals surface area contributed by atoms with Gasteiger partial charge in [0.25, 0.3) is 11.8 Å². The highest BCUT2D eigenvalue weighted by atomic mass is 16.5. The van der Waals surface area contributed by atoms with Crippen LogP contribution in [0, 0.1) is 6.92 Å². The fraction of sp³-hybridized carbons (Fsp3) is 0.350. The maximum atomic E-state index is 12.6. The minimum Gasteiger partial charge on any atom is -0.495 e. The summed E-state index contributed by atoms with van der Waals surface area (Å²) in [6, 6.07) is 8.55. The van der Waals surface area contributed by atoms with Crippen molar-refractivity contribution in [2.24, 2.45) is 0 Å². The summed E-state index contributed by atoms with van der Waals surface area (Å²) >= 11 is 0. The first-order valence-electron chi connectivity index (χ1n) is 8.88. The molecular weight excluding hydrogens is 346 g/mol. The van der Waals surface area contributed by atoms with Crippen LogP contribution in [0.4, 0.5) is 5.69 Å². The average molecular weight is 369 g/mol. The second-order valence-corrected chi connectivity index (χ2v) is 6.43. The number of aryl methyl sites for hydroxylation is 1. The second-order valence-electron chi connectivity index (χ2n) is 6.43. The van der Waals surface area contributed by atoms with Crippen LogP contribution < -0.4 is 15.4 Å². The van der Waals surface area contributed by atoms with E-state index in [9.17, 15) is 9.59 Å². The minimum absolute atomic E-state index is 0.0624. The third-order valence-corrected chi connectivity index (χ3v) is 4.37. The Morgan fingerprint density at radius 3 is 2.85 bits per heavy atom. The van der Waals surface area contributed by atoms with E-state index in [0.29, 0.717) is 23.5 Å². The Balaban J connectivity index is 1.68. The highest BCUT2D eigenvalue weighted by Gasteiger charge is 2.18. The fourth-order valence-corrected chi connectivity index (χ4v) is 2.92. The molecular formula is C20H23N3O4. The second kappa shape index (κ2) is 8.64. The topological polar surface area (TPSA) is 89.5 Å². The Morgan fingerprint density at radius 1 is 1.26 bits per heavy atom. The van der Waals surface area contributed by atoms with E-state index in [-0.39, 0.29) is 17.7 Å². The molecule has 0 saturated carbocycles. The van der Waals surface area contributed by atoms with E-state index < -0.39 is 5.91 Å². The molecule has 0 radical (unpaired) electrons. The molecule has 1 aromatic heterocycles. The third-order valence-electron chi connectivity index (χ3n) is 4.37. The number of hydrogen-bond acceptors (Lipinski definition) is 5. The average Bonchev–Trinajstić information content (AvgIpc) is 3.20. The first kappa shape index (κ1) is 18.8. The van der Waals surface area contributed by atoms with Gasteiger partial charge in [-0.05, 0) is 49.6 Å². The molecule has 2 N–H and O–H groups in total. The van der Waals surface area contributed by atoms with E-state index in [1.165, 1.54) is 19.4 Å². The minimum atomic E-state index is -0.410. The molecule has 0 spiro atoms. The predicted octanol–water partition coefficient (Wildman–Crippen LogP) is 2.56. The van der Waals surface area contributed by atoms with E-state index in [1.807, 2.05) is 19.1 Å². The van der Waals surface area contributed by atoms with Crippen LogP contribution >= 0.6 is 0 Å². The third kappa shape index (κ3) is 4.83. The van der Waals surface area contributed by atoms with Crippen LogP contribution in [-0.4, -0.2) is 43.2 Å². The predicted molar refractivity (Wildman–Crippen MR) is 101 cm³/mol. The molecule has 1 aliphatic rings. The van der Waals surface area contributed by atoms with E-state index in [4.69, 9.17) is 9.47 Å². The Kier molecular flexibility index (Phi) is 6.03. The van der Waals surface area contributed by atoms with Crippen molar-refractivity contribution in [3.63, 3.8) is 0 Å². The van der Waals surface area contributed by atoms with Crippen LogP contribution in [-0.2, 0) is 4.74 Å². The summed E-state index contributed by atoms with van der Waals surface area (Å²) in [5.74, 6) is -0.109. The molecule has 142 valence electrons. The van der Waals surface area contributed by atoms with Gasteiger partial charge in [-0.15, -0.1) is 0 Å². The van der Waals surface area contributed by atoms with Crippen molar-refractivity contribution in [2.75, 3.05) is 25.6 Å². The van der Waals surface area contributed by atoms with Crippen LogP contribution in [0.25, 0.3) is 0 Å². The normalized spacial score (nSPS) is 16.0. The Labute approximate surface area is 158 Å². The summed E-state index contributed by atoms with van der Waals surface area (Å²) < 4.78 is 10.8.